The van der Waals surface area contributed by atoms with Gasteiger partial charge in [0.2, 0.25) is 11.8 Å². The largest absolute Gasteiger partial charge is 0.437 e. The van der Waals surface area contributed by atoms with Crippen LogP contribution in [0.2, 0.25) is 5.02 Å². The summed E-state index contributed by atoms with van der Waals surface area (Å²) in [5.41, 5.74) is 1.41. The van der Waals surface area contributed by atoms with E-state index in [1.165, 1.54) is 6.92 Å². The predicted molar refractivity (Wildman–Crippen MR) is 97.6 cm³/mol. The molecular formula is C19H20ClFN2O2. The number of alkyl halides is 1. The molecule has 4 nitrogen and oxygen atoms in total. The zero-order valence-electron chi connectivity index (χ0n) is 14.1. The van der Waals surface area contributed by atoms with Gasteiger partial charge in [0.05, 0.1) is 5.02 Å². The molecule has 2 aromatic rings. The maximum Gasteiger partial charge on any atom is 0.219 e. The van der Waals surface area contributed by atoms with Crippen LogP contribution in [0.3, 0.4) is 0 Å². The summed E-state index contributed by atoms with van der Waals surface area (Å²) in [5, 5.41) is 3.01. The molecule has 1 amide bonds. The molecule has 0 saturated heterocycles. The third kappa shape index (κ3) is 5.87. The van der Waals surface area contributed by atoms with E-state index in [0.717, 1.165) is 5.56 Å². The zero-order valence-corrected chi connectivity index (χ0v) is 14.9. The van der Waals surface area contributed by atoms with Gasteiger partial charge < -0.3 is 10.1 Å². The summed E-state index contributed by atoms with van der Waals surface area (Å²) < 4.78 is 19.3. The molecule has 2 rings (SSSR count). The Morgan fingerprint density at radius 1 is 1.40 bits per heavy atom. The fraction of sp³-hybridized carbons (Fsp3) is 0.263. The van der Waals surface area contributed by atoms with Gasteiger partial charge in [-0.05, 0) is 35.7 Å². The van der Waals surface area contributed by atoms with Gasteiger partial charge in [0.1, 0.15) is 11.9 Å². The van der Waals surface area contributed by atoms with Crippen LogP contribution < -0.4 is 10.1 Å². The number of aromatic nitrogens is 1. The van der Waals surface area contributed by atoms with Crippen LogP contribution in [0.5, 0.6) is 11.6 Å². The second-order valence-corrected chi connectivity index (χ2v) is 5.84. The molecule has 6 heteroatoms. The third-order valence-electron chi connectivity index (χ3n) is 3.43. The molecule has 0 aliphatic heterocycles. The monoisotopic (exact) mass is 362 g/mol. The number of benzene rings is 1. The molecule has 1 atom stereocenters. The van der Waals surface area contributed by atoms with Crippen LogP contribution in [0.4, 0.5) is 4.39 Å². The van der Waals surface area contributed by atoms with Crippen molar-refractivity contribution in [3.05, 3.63) is 58.8 Å². The fourth-order valence-corrected chi connectivity index (χ4v) is 2.32. The molecule has 0 fully saturated rings. The lowest BCUT2D eigenvalue weighted by molar-refractivity contribution is -0.118. The first-order chi connectivity index (χ1) is 12.0. The predicted octanol–water partition coefficient (Wildman–Crippen LogP) is 5.10. The molecule has 1 unspecified atom stereocenters. The lowest BCUT2D eigenvalue weighted by atomic mass is 10.1. The van der Waals surface area contributed by atoms with E-state index in [0.29, 0.717) is 35.2 Å². The molecule has 1 aromatic heterocycles. The van der Waals surface area contributed by atoms with Crippen molar-refractivity contribution in [2.45, 2.75) is 26.4 Å². The highest BCUT2D eigenvalue weighted by Crippen LogP contribution is 2.32. The van der Waals surface area contributed by atoms with Gasteiger partial charge in [-0.1, -0.05) is 36.7 Å². The molecule has 1 aromatic carbocycles. The van der Waals surface area contributed by atoms with Crippen LogP contribution in [-0.4, -0.2) is 17.4 Å². The number of pyridine rings is 1. The number of hydrogen-bond acceptors (Lipinski definition) is 3. The van der Waals surface area contributed by atoms with Crippen molar-refractivity contribution in [3.63, 3.8) is 0 Å². The molecule has 132 valence electrons. The second-order valence-electron chi connectivity index (χ2n) is 5.44. The molecule has 25 heavy (non-hydrogen) atoms. The van der Waals surface area contributed by atoms with Gasteiger partial charge >= 0.3 is 0 Å². The van der Waals surface area contributed by atoms with Gasteiger partial charge in [0.15, 0.2) is 0 Å². The first-order valence-electron chi connectivity index (χ1n) is 7.98. The number of nitrogens with zero attached hydrogens (tertiary/aromatic N) is 1. The Kier molecular flexibility index (Phi) is 6.95. The van der Waals surface area contributed by atoms with Crippen molar-refractivity contribution in [2.75, 3.05) is 6.54 Å². The fourth-order valence-electron chi connectivity index (χ4n) is 2.09. The van der Waals surface area contributed by atoms with Crippen molar-refractivity contribution < 1.29 is 13.9 Å². The van der Waals surface area contributed by atoms with E-state index in [1.54, 1.807) is 37.4 Å². The molecular weight excluding hydrogens is 343 g/mol. The Bertz CT molecular complexity index is 748. The smallest absolute Gasteiger partial charge is 0.219 e. The molecule has 0 spiro atoms. The van der Waals surface area contributed by atoms with E-state index in [-0.39, 0.29) is 5.91 Å². The SMILES string of the molecule is CCC(F)c1ccc(Oc2ccc(/C=C/CNC(C)=O)cn2)c(Cl)c1. The van der Waals surface area contributed by atoms with Crippen LogP contribution in [0.1, 0.15) is 37.6 Å². The average Bonchev–Trinajstić information content (AvgIpc) is 2.61. The highest BCUT2D eigenvalue weighted by molar-refractivity contribution is 6.32. The summed E-state index contributed by atoms with van der Waals surface area (Å²) >= 11 is 6.16. The van der Waals surface area contributed by atoms with E-state index < -0.39 is 6.17 Å². The standard InChI is InChI=1S/C19H20ClFN2O2/c1-3-17(21)15-7-8-18(16(20)11-15)25-19-9-6-14(12-23-19)5-4-10-22-13(2)24/h4-9,11-12,17H,3,10H2,1-2H3,(H,22,24)/b5-4+. The lowest BCUT2D eigenvalue weighted by Gasteiger charge is -2.10. The average molecular weight is 363 g/mol. The normalized spacial score (nSPS) is 12.2. The maximum atomic E-state index is 13.7. The van der Waals surface area contributed by atoms with Gasteiger partial charge in [-0.3, -0.25) is 4.79 Å². The first kappa shape index (κ1) is 18.9. The Hall–Kier alpha value is -2.40. The number of carbonyl (C=O) groups is 1. The molecule has 0 bridgehead atoms. The van der Waals surface area contributed by atoms with Crippen molar-refractivity contribution in [1.29, 1.82) is 0 Å². The zero-order chi connectivity index (χ0) is 18.2. The summed E-state index contributed by atoms with van der Waals surface area (Å²) in [6.45, 7) is 3.71. The van der Waals surface area contributed by atoms with E-state index >= 15 is 0 Å². The summed E-state index contributed by atoms with van der Waals surface area (Å²) in [6, 6.07) is 8.43. The minimum Gasteiger partial charge on any atom is -0.437 e. The Balaban J connectivity index is 2.00. The third-order valence-corrected chi connectivity index (χ3v) is 3.72. The summed E-state index contributed by atoms with van der Waals surface area (Å²) in [5.74, 6) is 0.739. The van der Waals surface area contributed by atoms with Crippen LogP contribution in [0.25, 0.3) is 6.08 Å². The van der Waals surface area contributed by atoms with Crippen LogP contribution >= 0.6 is 11.6 Å². The van der Waals surface area contributed by atoms with Gasteiger partial charge in [-0.25, -0.2) is 9.37 Å². The number of carbonyl (C=O) groups excluding carboxylic acids is 1. The number of halogens is 2. The topological polar surface area (TPSA) is 51.2 Å². The number of amides is 1. The van der Waals surface area contributed by atoms with Crippen LogP contribution in [0, 0.1) is 0 Å². The molecule has 0 radical (unpaired) electrons. The van der Waals surface area contributed by atoms with E-state index in [4.69, 9.17) is 16.3 Å². The van der Waals surface area contributed by atoms with Crippen LogP contribution in [-0.2, 0) is 4.79 Å². The highest BCUT2D eigenvalue weighted by atomic mass is 35.5. The first-order valence-corrected chi connectivity index (χ1v) is 8.35. The van der Waals surface area contributed by atoms with Gasteiger partial charge in [-0.15, -0.1) is 0 Å². The molecule has 0 saturated carbocycles. The number of rotatable bonds is 7. The van der Waals surface area contributed by atoms with Gasteiger partial charge in [0, 0.05) is 25.7 Å². The van der Waals surface area contributed by atoms with Gasteiger partial charge in [-0.2, -0.15) is 0 Å². The highest BCUT2D eigenvalue weighted by Gasteiger charge is 2.11. The van der Waals surface area contributed by atoms with Gasteiger partial charge in [0.25, 0.3) is 0 Å². The van der Waals surface area contributed by atoms with Crippen molar-refractivity contribution in [3.8, 4) is 11.6 Å². The number of ether oxygens (including phenoxy) is 1. The number of hydrogen-bond donors (Lipinski definition) is 1. The second kappa shape index (κ2) is 9.18. The minimum absolute atomic E-state index is 0.0764. The van der Waals surface area contributed by atoms with E-state index in [9.17, 15) is 9.18 Å². The van der Waals surface area contributed by atoms with E-state index in [2.05, 4.69) is 10.3 Å². The van der Waals surface area contributed by atoms with Crippen molar-refractivity contribution in [2.24, 2.45) is 0 Å². The summed E-state index contributed by atoms with van der Waals surface area (Å²) in [4.78, 5) is 15.0. The Morgan fingerprint density at radius 2 is 2.20 bits per heavy atom. The summed E-state index contributed by atoms with van der Waals surface area (Å²) in [7, 11) is 0. The van der Waals surface area contributed by atoms with E-state index in [1.807, 2.05) is 18.2 Å². The lowest BCUT2D eigenvalue weighted by Crippen LogP contribution is -2.19. The quantitative estimate of drug-likeness (QED) is 0.745. The maximum absolute atomic E-state index is 13.7. The molecule has 0 aliphatic rings. The molecule has 1 heterocycles. The summed E-state index contributed by atoms with van der Waals surface area (Å²) in [6.07, 6.45) is 4.69. The molecule has 0 aliphatic carbocycles. The Labute approximate surface area is 151 Å². The Morgan fingerprint density at radius 3 is 2.80 bits per heavy atom. The van der Waals surface area contributed by atoms with Crippen molar-refractivity contribution >= 4 is 23.6 Å². The van der Waals surface area contributed by atoms with Crippen LogP contribution in [0.15, 0.2) is 42.6 Å². The molecule has 1 N–H and O–H groups in total. The number of nitrogens with one attached hydrogen (secondary N) is 1. The van der Waals surface area contributed by atoms with Crippen molar-refractivity contribution in [1.82, 2.24) is 10.3 Å². The minimum atomic E-state index is -1.03.